The van der Waals surface area contributed by atoms with Gasteiger partial charge in [-0.25, -0.2) is 4.39 Å². The first-order valence-electron chi connectivity index (χ1n) is 8.64. The summed E-state index contributed by atoms with van der Waals surface area (Å²) in [5.41, 5.74) is 2.01. The molecule has 2 aliphatic heterocycles. The Hall–Kier alpha value is -2.40. The van der Waals surface area contributed by atoms with E-state index in [2.05, 4.69) is 34.3 Å². The Morgan fingerprint density at radius 1 is 1.12 bits per heavy atom. The first-order valence-corrected chi connectivity index (χ1v) is 8.64. The summed E-state index contributed by atoms with van der Waals surface area (Å²) in [4.78, 5) is 2.42. The molecule has 25 heavy (non-hydrogen) atoms. The van der Waals surface area contributed by atoms with Gasteiger partial charge in [0.05, 0.1) is 5.71 Å². The third kappa shape index (κ3) is 3.24. The lowest BCUT2D eigenvalue weighted by molar-refractivity contribution is 0.000354. The lowest BCUT2D eigenvalue weighted by Crippen LogP contribution is -2.50. The standard InChI is InChI=1S/C20H21FN2O2/c21-16-6-7-19-17(12-16)18(22-24)13-20(25-19)8-10-23(11-9-20)14-15-4-2-1-3-5-15/h1-7,12,24H,8-11,13-14H2/b22-18+. The molecule has 1 saturated heterocycles. The third-order valence-electron chi connectivity index (χ3n) is 5.21. The van der Waals surface area contributed by atoms with Crippen LogP contribution in [-0.4, -0.2) is 34.5 Å². The molecule has 0 atom stereocenters. The lowest BCUT2D eigenvalue weighted by Gasteiger charge is -2.44. The van der Waals surface area contributed by atoms with Gasteiger partial charge in [-0.1, -0.05) is 35.5 Å². The molecule has 2 aromatic rings. The molecular formula is C20H21FN2O2. The molecule has 0 radical (unpaired) electrons. The Bertz CT molecular complexity index is 784. The molecule has 0 aliphatic carbocycles. The Kier molecular flexibility index (Phi) is 4.17. The van der Waals surface area contributed by atoms with Crippen molar-refractivity contribution in [1.82, 2.24) is 4.90 Å². The van der Waals surface area contributed by atoms with Gasteiger partial charge in [-0.3, -0.25) is 4.90 Å². The van der Waals surface area contributed by atoms with E-state index in [0.717, 1.165) is 32.5 Å². The number of fused-ring (bicyclic) bond motifs is 1. The van der Waals surface area contributed by atoms with E-state index in [9.17, 15) is 9.60 Å². The minimum absolute atomic E-state index is 0.350. The number of piperidine rings is 1. The zero-order valence-electron chi connectivity index (χ0n) is 14.0. The molecular weight excluding hydrogens is 319 g/mol. The molecule has 0 bridgehead atoms. The van der Waals surface area contributed by atoms with Crippen LogP contribution >= 0.6 is 0 Å². The second kappa shape index (κ2) is 6.48. The number of rotatable bonds is 2. The quantitative estimate of drug-likeness (QED) is 0.668. The predicted molar refractivity (Wildman–Crippen MR) is 93.7 cm³/mol. The largest absolute Gasteiger partial charge is 0.486 e. The summed E-state index contributed by atoms with van der Waals surface area (Å²) in [6.45, 7) is 2.77. The maximum Gasteiger partial charge on any atom is 0.129 e. The summed E-state index contributed by atoms with van der Waals surface area (Å²) >= 11 is 0. The summed E-state index contributed by atoms with van der Waals surface area (Å²) in [6, 6.07) is 14.8. The van der Waals surface area contributed by atoms with E-state index < -0.39 is 0 Å². The SMILES string of the molecule is O/N=C1\CC2(CCN(Cc3ccccc3)CC2)Oc2ccc(F)cc21. The molecule has 1 spiro atoms. The molecule has 0 aromatic heterocycles. The van der Waals surface area contributed by atoms with Crippen molar-refractivity contribution >= 4 is 5.71 Å². The van der Waals surface area contributed by atoms with E-state index in [1.807, 2.05) is 6.07 Å². The Labute approximate surface area is 146 Å². The first kappa shape index (κ1) is 16.1. The van der Waals surface area contributed by atoms with E-state index in [1.165, 1.54) is 17.7 Å². The van der Waals surface area contributed by atoms with Gasteiger partial charge >= 0.3 is 0 Å². The van der Waals surface area contributed by atoms with Crippen LogP contribution in [0.1, 0.15) is 30.4 Å². The van der Waals surface area contributed by atoms with Crippen LogP contribution < -0.4 is 4.74 Å². The molecule has 2 aliphatic rings. The second-order valence-electron chi connectivity index (χ2n) is 6.91. The number of hydrogen-bond donors (Lipinski definition) is 1. The fraction of sp³-hybridized carbons (Fsp3) is 0.350. The molecule has 130 valence electrons. The third-order valence-corrected chi connectivity index (χ3v) is 5.21. The van der Waals surface area contributed by atoms with Crippen LogP contribution in [0.2, 0.25) is 0 Å². The smallest absolute Gasteiger partial charge is 0.129 e. The van der Waals surface area contributed by atoms with E-state index in [-0.39, 0.29) is 11.4 Å². The van der Waals surface area contributed by atoms with Gasteiger partial charge < -0.3 is 9.94 Å². The minimum atomic E-state index is -0.362. The van der Waals surface area contributed by atoms with Gasteiger partial charge in [0.1, 0.15) is 17.2 Å². The first-order chi connectivity index (χ1) is 12.2. The average molecular weight is 340 g/mol. The van der Waals surface area contributed by atoms with Crippen molar-refractivity contribution in [2.75, 3.05) is 13.1 Å². The number of benzene rings is 2. The molecule has 4 nitrogen and oxygen atoms in total. The molecule has 2 heterocycles. The minimum Gasteiger partial charge on any atom is -0.486 e. The highest BCUT2D eigenvalue weighted by Crippen LogP contribution is 2.40. The summed E-state index contributed by atoms with van der Waals surface area (Å²) in [7, 11) is 0. The maximum atomic E-state index is 13.5. The highest BCUT2D eigenvalue weighted by molar-refractivity contribution is 6.04. The summed E-state index contributed by atoms with van der Waals surface area (Å²) in [6.07, 6.45) is 2.23. The average Bonchev–Trinajstić information content (AvgIpc) is 2.64. The van der Waals surface area contributed by atoms with Crippen LogP contribution in [0.4, 0.5) is 4.39 Å². The molecule has 2 aromatic carbocycles. The van der Waals surface area contributed by atoms with Crippen molar-refractivity contribution in [1.29, 1.82) is 0 Å². The van der Waals surface area contributed by atoms with Gasteiger partial charge in [-0.15, -0.1) is 0 Å². The number of oxime groups is 1. The molecule has 0 unspecified atom stereocenters. The van der Waals surface area contributed by atoms with Crippen LogP contribution in [0.15, 0.2) is 53.7 Å². The van der Waals surface area contributed by atoms with Crippen LogP contribution in [0.5, 0.6) is 5.75 Å². The van der Waals surface area contributed by atoms with Crippen molar-refractivity contribution in [3.05, 3.63) is 65.5 Å². The summed E-state index contributed by atoms with van der Waals surface area (Å²) < 4.78 is 19.8. The summed E-state index contributed by atoms with van der Waals surface area (Å²) in [5, 5.41) is 12.8. The monoisotopic (exact) mass is 340 g/mol. The molecule has 4 rings (SSSR count). The second-order valence-corrected chi connectivity index (χ2v) is 6.91. The highest BCUT2D eigenvalue weighted by Gasteiger charge is 2.42. The zero-order chi connectivity index (χ0) is 17.3. The molecule has 5 heteroatoms. The topological polar surface area (TPSA) is 45.1 Å². The number of likely N-dealkylation sites (tertiary alicyclic amines) is 1. The van der Waals surface area contributed by atoms with E-state index in [4.69, 9.17) is 4.74 Å². The van der Waals surface area contributed by atoms with Gasteiger partial charge in [0.25, 0.3) is 0 Å². The number of hydrogen-bond acceptors (Lipinski definition) is 4. The van der Waals surface area contributed by atoms with Gasteiger partial charge in [-0.05, 0) is 23.8 Å². The highest BCUT2D eigenvalue weighted by atomic mass is 19.1. The van der Waals surface area contributed by atoms with Crippen molar-refractivity contribution in [2.45, 2.75) is 31.4 Å². The van der Waals surface area contributed by atoms with Crippen molar-refractivity contribution in [2.24, 2.45) is 5.16 Å². The number of halogens is 1. The zero-order valence-corrected chi connectivity index (χ0v) is 14.0. The van der Waals surface area contributed by atoms with Gasteiger partial charge in [-0.2, -0.15) is 0 Å². The van der Waals surface area contributed by atoms with Crippen LogP contribution in [0.3, 0.4) is 0 Å². The molecule has 0 amide bonds. The normalized spacial score (nSPS) is 21.1. The predicted octanol–water partition coefficient (Wildman–Crippen LogP) is 3.82. The van der Waals surface area contributed by atoms with Gasteiger partial charge in [0.15, 0.2) is 0 Å². The fourth-order valence-electron chi connectivity index (χ4n) is 3.81. The van der Waals surface area contributed by atoms with Crippen LogP contribution in [0, 0.1) is 5.82 Å². The number of ether oxygens (including phenoxy) is 1. The van der Waals surface area contributed by atoms with Gasteiger partial charge in [0.2, 0.25) is 0 Å². The number of nitrogens with zero attached hydrogens (tertiary/aromatic N) is 2. The molecule has 1 N–H and O–H groups in total. The summed E-state index contributed by atoms with van der Waals surface area (Å²) in [5.74, 6) is 0.258. The lowest BCUT2D eigenvalue weighted by atomic mass is 9.82. The van der Waals surface area contributed by atoms with Crippen LogP contribution in [-0.2, 0) is 6.54 Å². The Morgan fingerprint density at radius 2 is 1.88 bits per heavy atom. The van der Waals surface area contributed by atoms with Crippen molar-refractivity contribution in [3.63, 3.8) is 0 Å². The van der Waals surface area contributed by atoms with Crippen molar-refractivity contribution < 1.29 is 14.3 Å². The maximum absolute atomic E-state index is 13.5. The van der Waals surface area contributed by atoms with Gasteiger partial charge in [0, 0.05) is 44.5 Å². The molecule has 1 fully saturated rings. The van der Waals surface area contributed by atoms with E-state index in [1.54, 1.807) is 6.07 Å². The van der Waals surface area contributed by atoms with Crippen molar-refractivity contribution in [3.8, 4) is 5.75 Å². The van der Waals surface area contributed by atoms with Crippen LogP contribution in [0.25, 0.3) is 0 Å². The van der Waals surface area contributed by atoms with E-state index in [0.29, 0.717) is 23.4 Å². The van der Waals surface area contributed by atoms with E-state index >= 15 is 0 Å². The Balaban J connectivity index is 1.48. The fourth-order valence-corrected chi connectivity index (χ4v) is 3.81. The Morgan fingerprint density at radius 3 is 2.60 bits per heavy atom. The molecule has 0 saturated carbocycles.